The van der Waals surface area contributed by atoms with E-state index in [0.29, 0.717) is 17.9 Å². The fraction of sp³-hybridized carbons (Fsp3) is 0.0625. The van der Waals surface area contributed by atoms with Crippen LogP contribution in [0.15, 0.2) is 50.7 Å². The third-order valence-electron chi connectivity index (χ3n) is 3.69. The molecule has 0 radical (unpaired) electrons. The van der Waals surface area contributed by atoms with E-state index in [0.717, 1.165) is 10.8 Å². The maximum Gasteiger partial charge on any atom is 0.424 e. The molecule has 11 heteroatoms. The average molecular weight is 417 g/mol. The van der Waals surface area contributed by atoms with Crippen molar-refractivity contribution in [3.63, 3.8) is 0 Å². The highest BCUT2D eigenvalue weighted by molar-refractivity contribution is 7.89. The minimum atomic E-state index is -4.46. The van der Waals surface area contributed by atoms with E-state index < -0.39 is 37.9 Å². The number of ether oxygens (including phenoxy) is 1. The van der Waals surface area contributed by atoms with Gasteiger partial charge in [-0.25, -0.2) is 31.7 Å². The van der Waals surface area contributed by atoms with Gasteiger partial charge >= 0.3 is 5.76 Å². The smallest absolute Gasteiger partial charge is 0.424 e. The number of methoxy groups -OCH3 is 1. The Morgan fingerprint density at radius 2 is 1.89 bits per heavy atom. The standard InChI is InChI=1S/C16H11ClF2N2O5S/c1-25-14-3-2-8(4-10(14)17)21-13(7-26-16(21)22)9-5-12(19)15(6-11(9)18)27(20,23)24/h2-7H,1H3,(H2,20,23,24). The molecular weight excluding hydrogens is 406 g/mol. The molecule has 142 valence electrons. The number of benzene rings is 2. The van der Waals surface area contributed by atoms with Gasteiger partial charge in [0, 0.05) is 5.56 Å². The minimum absolute atomic E-state index is 0.154. The molecule has 0 bridgehead atoms. The van der Waals surface area contributed by atoms with E-state index in [1.54, 1.807) is 0 Å². The van der Waals surface area contributed by atoms with Crippen LogP contribution in [-0.4, -0.2) is 20.1 Å². The van der Waals surface area contributed by atoms with Gasteiger partial charge in [-0.1, -0.05) is 11.6 Å². The van der Waals surface area contributed by atoms with Crippen LogP contribution in [0.25, 0.3) is 16.9 Å². The van der Waals surface area contributed by atoms with Crippen LogP contribution in [0.1, 0.15) is 0 Å². The minimum Gasteiger partial charge on any atom is -0.495 e. The number of aromatic nitrogens is 1. The molecule has 0 saturated carbocycles. The summed E-state index contributed by atoms with van der Waals surface area (Å²) in [6.07, 6.45) is 0.912. The van der Waals surface area contributed by atoms with Gasteiger partial charge in [0.1, 0.15) is 28.5 Å². The Hall–Kier alpha value is -2.69. The van der Waals surface area contributed by atoms with Crippen molar-refractivity contribution in [2.45, 2.75) is 4.90 Å². The Balaban J connectivity index is 2.23. The van der Waals surface area contributed by atoms with Gasteiger partial charge in [-0.2, -0.15) is 0 Å². The van der Waals surface area contributed by atoms with Gasteiger partial charge in [0.25, 0.3) is 0 Å². The predicted octanol–water partition coefficient (Wildman–Crippen LogP) is 2.69. The lowest BCUT2D eigenvalue weighted by atomic mass is 10.1. The Morgan fingerprint density at radius 1 is 1.19 bits per heavy atom. The molecule has 2 aromatic carbocycles. The number of hydrogen-bond acceptors (Lipinski definition) is 5. The number of oxazole rings is 1. The summed E-state index contributed by atoms with van der Waals surface area (Å²) in [6, 6.07) is 5.34. The number of nitrogens with two attached hydrogens (primary N) is 1. The summed E-state index contributed by atoms with van der Waals surface area (Å²) in [7, 11) is -3.06. The normalized spacial score (nSPS) is 11.6. The molecule has 0 aliphatic rings. The largest absolute Gasteiger partial charge is 0.495 e. The fourth-order valence-corrected chi connectivity index (χ4v) is 3.33. The average Bonchev–Trinajstić information content (AvgIpc) is 2.97. The molecule has 7 nitrogen and oxygen atoms in total. The first-order chi connectivity index (χ1) is 12.6. The van der Waals surface area contributed by atoms with Crippen LogP contribution in [0.4, 0.5) is 8.78 Å². The second-order valence-electron chi connectivity index (χ2n) is 5.35. The first-order valence-electron chi connectivity index (χ1n) is 7.20. The molecule has 0 unspecified atom stereocenters. The predicted molar refractivity (Wildman–Crippen MR) is 92.6 cm³/mol. The lowest BCUT2D eigenvalue weighted by Gasteiger charge is -2.10. The number of sulfonamides is 1. The maximum absolute atomic E-state index is 14.5. The summed E-state index contributed by atoms with van der Waals surface area (Å²) in [5, 5.41) is 5.02. The van der Waals surface area contributed by atoms with Crippen LogP contribution in [0.2, 0.25) is 5.02 Å². The monoisotopic (exact) mass is 416 g/mol. The molecule has 0 aliphatic carbocycles. The molecule has 0 spiro atoms. The molecule has 2 N–H and O–H groups in total. The summed E-state index contributed by atoms with van der Waals surface area (Å²) < 4.78 is 62.0. The second-order valence-corrected chi connectivity index (χ2v) is 7.29. The Labute approximate surface area is 156 Å². The second kappa shape index (κ2) is 6.80. The van der Waals surface area contributed by atoms with Crippen molar-refractivity contribution in [2.75, 3.05) is 7.11 Å². The summed E-state index contributed by atoms with van der Waals surface area (Å²) in [6.45, 7) is 0. The van der Waals surface area contributed by atoms with Crippen molar-refractivity contribution < 1.29 is 26.4 Å². The van der Waals surface area contributed by atoms with Gasteiger partial charge in [-0.05, 0) is 30.3 Å². The van der Waals surface area contributed by atoms with Crippen LogP contribution in [-0.2, 0) is 10.0 Å². The van der Waals surface area contributed by atoms with E-state index in [-0.39, 0.29) is 16.4 Å². The first-order valence-corrected chi connectivity index (χ1v) is 9.12. The van der Waals surface area contributed by atoms with Gasteiger partial charge in [-0.15, -0.1) is 0 Å². The van der Waals surface area contributed by atoms with Gasteiger partial charge < -0.3 is 9.15 Å². The van der Waals surface area contributed by atoms with E-state index in [1.165, 1.54) is 25.3 Å². The van der Waals surface area contributed by atoms with Crippen molar-refractivity contribution in [3.8, 4) is 22.7 Å². The van der Waals surface area contributed by atoms with Gasteiger partial charge in [-0.3, -0.25) is 0 Å². The number of rotatable bonds is 4. The van der Waals surface area contributed by atoms with Crippen molar-refractivity contribution in [2.24, 2.45) is 5.14 Å². The zero-order valence-electron chi connectivity index (χ0n) is 13.6. The van der Waals surface area contributed by atoms with Gasteiger partial charge in [0.15, 0.2) is 0 Å². The molecule has 0 amide bonds. The van der Waals surface area contributed by atoms with Crippen LogP contribution >= 0.6 is 11.6 Å². The molecule has 0 fully saturated rings. The molecule has 0 atom stereocenters. The lowest BCUT2D eigenvalue weighted by molar-refractivity contribution is 0.415. The van der Waals surface area contributed by atoms with Crippen molar-refractivity contribution in [1.82, 2.24) is 4.57 Å². The van der Waals surface area contributed by atoms with Crippen LogP contribution in [0.3, 0.4) is 0 Å². The first kappa shape index (κ1) is 19.1. The van der Waals surface area contributed by atoms with E-state index in [2.05, 4.69) is 0 Å². The fourth-order valence-electron chi connectivity index (χ4n) is 2.48. The molecule has 3 rings (SSSR count). The highest BCUT2D eigenvalue weighted by atomic mass is 35.5. The molecule has 1 aromatic heterocycles. The quantitative estimate of drug-likeness (QED) is 0.704. The zero-order chi connectivity index (χ0) is 19.9. The van der Waals surface area contributed by atoms with E-state index in [9.17, 15) is 22.0 Å². The number of hydrogen-bond donors (Lipinski definition) is 1. The Kier molecular flexibility index (Phi) is 4.81. The third kappa shape index (κ3) is 3.46. The van der Waals surface area contributed by atoms with E-state index in [1.807, 2.05) is 0 Å². The van der Waals surface area contributed by atoms with Crippen LogP contribution in [0, 0.1) is 11.6 Å². The number of primary sulfonamides is 1. The summed E-state index contributed by atoms with van der Waals surface area (Å²) >= 11 is 6.04. The Morgan fingerprint density at radius 3 is 2.48 bits per heavy atom. The molecule has 27 heavy (non-hydrogen) atoms. The number of nitrogens with zero attached hydrogens (tertiary/aromatic N) is 1. The van der Waals surface area contributed by atoms with E-state index >= 15 is 0 Å². The third-order valence-corrected chi connectivity index (χ3v) is 4.91. The molecule has 0 saturated heterocycles. The Bertz CT molecular complexity index is 1200. The summed E-state index contributed by atoms with van der Waals surface area (Å²) in [5.41, 5.74) is -0.360. The number of halogens is 3. The zero-order valence-corrected chi connectivity index (χ0v) is 15.1. The highest BCUT2D eigenvalue weighted by Crippen LogP contribution is 2.31. The topological polar surface area (TPSA) is 105 Å². The van der Waals surface area contributed by atoms with Crippen molar-refractivity contribution >= 4 is 21.6 Å². The van der Waals surface area contributed by atoms with Crippen LogP contribution in [0.5, 0.6) is 5.75 Å². The molecule has 3 aromatic rings. The maximum atomic E-state index is 14.5. The lowest BCUT2D eigenvalue weighted by Crippen LogP contribution is -2.16. The van der Waals surface area contributed by atoms with Crippen molar-refractivity contribution in [3.05, 3.63) is 63.8 Å². The SMILES string of the molecule is COc1ccc(-n2c(-c3cc(F)c(S(N)(=O)=O)cc3F)coc2=O)cc1Cl. The van der Waals surface area contributed by atoms with Crippen molar-refractivity contribution in [1.29, 1.82) is 0 Å². The van der Waals surface area contributed by atoms with Gasteiger partial charge in [0.05, 0.1) is 23.5 Å². The molecular formula is C16H11ClF2N2O5S. The van der Waals surface area contributed by atoms with Crippen LogP contribution < -0.4 is 15.6 Å². The summed E-state index contributed by atoms with van der Waals surface area (Å²) in [5.74, 6) is -2.94. The summed E-state index contributed by atoms with van der Waals surface area (Å²) in [4.78, 5) is 11.1. The molecule has 0 aliphatic heterocycles. The van der Waals surface area contributed by atoms with Gasteiger partial charge in [0.2, 0.25) is 10.0 Å². The molecule has 1 heterocycles. The highest BCUT2D eigenvalue weighted by Gasteiger charge is 2.22. The van der Waals surface area contributed by atoms with E-state index in [4.69, 9.17) is 25.9 Å².